The van der Waals surface area contributed by atoms with E-state index in [4.69, 9.17) is 9.84 Å². The average molecular weight is 232 g/mol. The van der Waals surface area contributed by atoms with Crippen LogP contribution in [0.2, 0.25) is 0 Å². The molecule has 0 fully saturated rings. The molecule has 0 spiro atoms. The zero-order chi connectivity index (χ0) is 12.6. The van der Waals surface area contributed by atoms with Crippen LogP contribution in [0.5, 0.6) is 0 Å². The van der Waals surface area contributed by atoms with Gasteiger partial charge in [0.2, 0.25) is 0 Å². The van der Waals surface area contributed by atoms with Gasteiger partial charge >= 0.3 is 5.97 Å². The molecule has 0 aliphatic carbocycles. The lowest BCUT2D eigenvalue weighted by Gasteiger charge is -2.25. The van der Waals surface area contributed by atoms with E-state index in [9.17, 15) is 4.79 Å². The molecule has 1 unspecified atom stereocenters. The summed E-state index contributed by atoms with van der Waals surface area (Å²) >= 11 is 0. The van der Waals surface area contributed by atoms with Gasteiger partial charge < -0.3 is 15.2 Å². The maximum atomic E-state index is 11.0. The molecule has 0 saturated heterocycles. The number of carbonyl (C=O) groups is 1. The van der Waals surface area contributed by atoms with E-state index in [1.54, 1.807) is 7.11 Å². The van der Waals surface area contributed by atoms with E-state index in [1.807, 2.05) is 20.8 Å². The van der Waals surface area contributed by atoms with Gasteiger partial charge in [-0.15, -0.1) is 0 Å². The van der Waals surface area contributed by atoms with E-state index < -0.39 is 12.0 Å². The van der Waals surface area contributed by atoms with Gasteiger partial charge in [0.15, 0.2) is 0 Å². The lowest BCUT2D eigenvalue weighted by Crippen LogP contribution is -2.49. The Balaban J connectivity index is 4.17. The molecule has 96 valence electrons. The van der Waals surface area contributed by atoms with E-state index >= 15 is 0 Å². The van der Waals surface area contributed by atoms with Crippen LogP contribution in [-0.2, 0) is 9.53 Å². The second-order valence-corrected chi connectivity index (χ2v) is 4.10. The number of ether oxygens (including phenoxy) is 1. The normalized spacial score (nSPS) is 13.4. The number of methoxy groups -OCH3 is 1. The first kappa shape index (κ1) is 15.3. The highest BCUT2D eigenvalue weighted by Gasteiger charge is 2.20. The molecule has 0 rings (SSSR count). The van der Waals surface area contributed by atoms with E-state index in [-0.39, 0.29) is 6.04 Å². The lowest BCUT2D eigenvalue weighted by molar-refractivity contribution is -0.140. The van der Waals surface area contributed by atoms with Crippen LogP contribution in [-0.4, -0.2) is 61.4 Å². The maximum absolute atomic E-state index is 11.0. The van der Waals surface area contributed by atoms with E-state index in [0.717, 1.165) is 13.1 Å². The first-order valence-electron chi connectivity index (χ1n) is 5.71. The molecule has 0 aliphatic heterocycles. The molecule has 0 amide bonds. The summed E-state index contributed by atoms with van der Waals surface area (Å²) in [6.45, 7) is 8.63. The zero-order valence-corrected chi connectivity index (χ0v) is 10.7. The van der Waals surface area contributed by atoms with Crippen molar-refractivity contribution in [3.05, 3.63) is 0 Å². The summed E-state index contributed by atoms with van der Waals surface area (Å²) in [4.78, 5) is 13.1. The van der Waals surface area contributed by atoms with Gasteiger partial charge in [-0.05, 0) is 6.54 Å². The number of carboxylic acid groups (broad SMARTS) is 1. The molecule has 16 heavy (non-hydrogen) atoms. The molecule has 0 aromatic rings. The molecule has 1 atom stereocenters. The van der Waals surface area contributed by atoms with Crippen LogP contribution in [0.15, 0.2) is 0 Å². The molecular formula is C11H24N2O3. The van der Waals surface area contributed by atoms with Gasteiger partial charge in [0, 0.05) is 26.2 Å². The Morgan fingerprint density at radius 1 is 1.50 bits per heavy atom. The van der Waals surface area contributed by atoms with Crippen LogP contribution in [0.3, 0.4) is 0 Å². The molecule has 0 radical (unpaired) electrons. The predicted molar refractivity (Wildman–Crippen MR) is 63.7 cm³/mol. The molecule has 0 aliphatic rings. The van der Waals surface area contributed by atoms with Crippen molar-refractivity contribution in [1.29, 1.82) is 0 Å². The number of hydrogen-bond donors (Lipinski definition) is 2. The second kappa shape index (κ2) is 8.50. The Morgan fingerprint density at radius 2 is 2.12 bits per heavy atom. The first-order valence-corrected chi connectivity index (χ1v) is 5.71. The number of likely N-dealkylation sites (N-methyl/N-ethyl adjacent to an activating group) is 1. The fourth-order valence-electron chi connectivity index (χ4n) is 1.46. The number of nitrogens with one attached hydrogen (secondary N) is 1. The van der Waals surface area contributed by atoms with Crippen LogP contribution in [0.25, 0.3) is 0 Å². The van der Waals surface area contributed by atoms with Gasteiger partial charge in [0.1, 0.15) is 6.04 Å². The molecule has 5 nitrogen and oxygen atoms in total. The molecule has 5 heteroatoms. The van der Waals surface area contributed by atoms with Crippen molar-refractivity contribution < 1.29 is 14.6 Å². The van der Waals surface area contributed by atoms with Gasteiger partial charge in [-0.3, -0.25) is 9.69 Å². The Labute approximate surface area is 97.8 Å². The smallest absolute Gasteiger partial charge is 0.322 e. The monoisotopic (exact) mass is 232 g/mol. The van der Waals surface area contributed by atoms with Gasteiger partial charge in [-0.2, -0.15) is 0 Å². The Bertz CT molecular complexity index is 198. The molecular weight excluding hydrogens is 208 g/mol. The highest BCUT2D eigenvalue weighted by Crippen LogP contribution is 1.95. The largest absolute Gasteiger partial charge is 0.480 e. The summed E-state index contributed by atoms with van der Waals surface area (Å²) in [5, 5.41) is 12.1. The van der Waals surface area contributed by atoms with Crippen molar-refractivity contribution in [3.8, 4) is 0 Å². The summed E-state index contributed by atoms with van der Waals surface area (Å²) < 4.78 is 4.99. The third-order valence-corrected chi connectivity index (χ3v) is 2.33. The molecule has 0 saturated carbocycles. The van der Waals surface area contributed by atoms with Crippen molar-refractivity contribution in [1.82, 2.24) is 10.2 Å². The summed E-state index contributed by atoms with van der Waals surface area (Å²) in [5.41, 5.74) is 0. The highest BCUT2D eigenvalue weighted by molar-refractivity contribution is 5.73. The summed E-state index contributed by atoms with van der Waals surface area (Å²) in [6.07, 6.45) is 0. The van der Waals surface area contributed by atoms with Crippen molar-refractivity contribution >= 4 is 5.97 Å². The quantitative estimate of drug-likeness (QED) is 0.603. The lowest BCUT2D eigenvalue weighted by atomic mass is 10.2. The maximum Gasteiger partial charge on any atom is 0.322 e. The highest BCUT2D eigenvalue weighted by atomic mass is 16.5. The minimum atomic E-state index is -0.801. The van der Waals surface area contributed by atoms with Crippen molar-refractivity contribution in [3.63, 3.8) is 0 Å². The first-order chi connectivity index (χ1) is 7.51. The Hall–Kier alpha value is -0.650. The molecule has 2 N–H and O–H groups in total. The third-order valence-electron chi connectivity index (χ3n) is 2.33. The topological polar surface area (TPSA) is 61.8 Å². The summed E-state index contributed by atoms with van der Waals surface area (Å²) in [6, 6.07) is -0.348. The Kier molecular flexibility index (Phi) is 8.15. The zero-order valence-electron chi connectivity index (χ0n) is 10.7. The van der Waals surface area contributed by atoms with Gasteiger partial charge in [-0.25, -0.2) is 0 Å². The van der Waals surface area contributed by atoms with Crippen LogP contribution < -0.4 is 5.32 Å². The van der Waals surface area contributed by atoms with Gasteiger partial charge in [0.25, 0.3) is 0 Å². The predicted octanol–water partition coefficient (Wildman–Crippen LogP) is 0.406. The number of nitrogens with zero attached hydrogens (tertiary/aromatic N) is 1. The number of carboxylic acids is 1. The average Bonchev–Trinajstić information content (AvgIpc) is 2.21. The van der Waals surface area contributed by atoms with Crippen LogP contribution >= 0.6 is 0 Å². The Morgan fingerprint density at radius 3 is 2.50 bits per heavy atom. The van der Waals surface area contributed by atoms with Crippen molar-refractivity contribution in [2.45, 2.75) is 32.9 Å². The second-order valence-electron chi connectivity index (χ2n) is 4.10. The summed E-state index contributed by atoms with van der Waals surface area (Å²) in [5.74, 6) is -0.801. The van der Waals surface area contributed by atoms with E-state index in [1.165, 1.54) is 0 Å². The van der Waals surface area contributed by atoms with Crippen molar-refractivity contribution in [2.75, 3.05) is 33.4 Å². The molecule has 0 aromatic carbocycles. The van der Waals surface area contributed by atoms with E-state index in [0.29, 0.717) is 13.2 Å². The summed E-state index contributed by atoms with van der Waals surface area (Å²) in [7, 11) is 1.65. The number of rotatable bonds is 9. The van der Waals surface area contributed by atoms with Gasteiger partial charge in [-0.1, -0.05) is 20.8 Å². The number of aliphatic carboxylic acids is 1. The van der Waals surface area contributed by atoms with Crippen LogP contribution in [0.4, 0.5) is 0 Å². The standard InChI is InChI=1S/C11H24N2O3/c1-5-13(6-7-16-4)8-10(11(14)15)12-9(2)3/h9-10,12H,5-8H2,1-4H3,(H,14,15). The van der Waals surface area contributed by atoms with Gasteiger partial charge in [0.05, 0.1) is 6.61 Å². The SMILES string of the molecule is CCN(CCOC)CC(NC(C)C)C(=O)O. The van der Waals surface area contributed by atoms with E-state index in [2.05, 4.69) is 10.2 Å². The van der Waals surface area contributed by atoms with Crippen molar-refractivity contribution in [2.24, 2.45) is 0 Å². The van der Waals surface area contributed by atoms with Crippen LogP contribution in [0.1, 0.15) is 20.8 Å². The van der Waals surface area contributed by atoms with Crippen LogP contribution in [0, 0.1) is 0 Å². The fourth-order valence-corrected chi connectivity index (χ4v) is 1.46. The molecule has 0 heterocycles. The number of hydrogen-bond acceptors (Lipinski definition) is 4. The molecule has 0 bridgehead atoms. The third kappa shape index (κ3) is 6.76. The molecule has 0 aromatic heterocycles. The fraction of sp³-hybridized carbons (Fsp3) is 0.909. The minimum Gasteiger partial charge on any atom is -0.480 e. The minimum absolute atomic E-state index is 0.169.